The number of primary amides is 1. The van der Waals surface area contributed by atoms with Crippen molar-refractivity contribution in [2.24, 2.45) is 29.4 Å². The van der Waals surface area contributed by atoms with E-state index >= 15 is 0 Å². The number of phenols is 1. The Kier molecular flexibility index (Phi) is 6.65. The Bertz CT molecular complexity index is 1160. The molecular weight excluding hydrogens is 466 g/mol. The summed E-state index contributed by atoms with van der Waals surface area (Å²) in [6.45, 7) is 6.18. The van der Waals surface area contributed by atoms with Gasteiger partial charge in [-0.3, -0.25) is 33.8 Å². The number of likely N-dealkylation sites (N-methyl/N-ethyl adjacent to an activating group) is 1. The summed E-state index contributed by atoms with van der Waals surface area (Å²) >= 11 is 0. The molecule has 3 aliphatic carbocycles. The molecule has 1 aromatic rings. The van der Waals surface area contributed by atoms with Crippen LogP contribution in [0.1, 0.15) is 41.8 Å². The van der Waals surface area contributed by atoms with Crippen LogP contribution in [0.15, 0.2) is 12.1 Å². The molecule has 6 atom stereocenters. The van der Waals surface area contributed by atoms with Crippen LogP contribution < -0.4 is 5.73 Å². The van der Waals surface area contributed by atoms with Gasteiger partial charge in [-0.25, -0.2) is 0 Å². The highest BCUT2D eigenvalue weighted by molar-refractivity contribution is 6.32. The Hall–Kier alpha value is -2.95. The Morgan fingerprint density at radius 2 is 1.75 bits per heavy atom. The minimum absolute atomic E-state index is 0.0336. The van der Waals surface area contributed by atoms with E-state index in [0.29, 0.717) is 12.1 Å². The van der Waals surface area contributed by atoms with Crippen LogP contribution in [0.3, 0.4) is 0 Å². The summed E-state index contributed by atoms with van der Waals surface area (Å²) in [7, 11) is 3.13. The van der Waals surface area contributed by atoms with Crippen LogP contribution in [0, 0.1) is 23.7 Å². The number of nitrogens with zero attached hydrogens (tertiary/aromatic N) is 2. The summed E-state index contributed by atoms with van der Waals surface area (Å²) in [6.07, 6.45) is 0.321. The second kappa shape index (κ2) is 9.17. The molecule has 0 radical (unpaired) electrons. The van der Waals surface area contributed by atoms with Crippen LogP contribution in [0.2, 0.25) is 0 Å². The second-order valence-electron chi connectivity index (χ2n) is 10.3. The number of Topliss-reactive ketones (excluding diaryl/α,β-unsaturated/α-hetero) is 4. The number of carbonyl (C=O) groups is 5. The molecule has 36 heavy (non-hydrogen) atoms. The summed E-state index contributed by atoms with van der Waals surface area (Å²) in [5, 5.41) is 22.2. The highest BCUT2D eigenvalue weighted by Crippen LogP contribution is 2.51. The van der Waals surface area contributed by atoms with Gasteiger partial charge in [0.2, 0.25) is 5.91 Å². The lowest BCUT2D eigenvalue weighted by atomic mass is 9.52. The Labute approximate surface area is 209 Å². The first-order chi connectivity index (χ1) is 16.9. The molecule has 4 N–H and O–H groups in total. The number of ketones is 4. The third kappa shape index (κ3) is 3.62. The zero-order valence-electron chi connectivity index (χ0n) is 21.0. The van der Waals surface area contributed by atoms with E-state index in [2.05, 4.69) is 4.90 Å². The topological polar surface area (TPSA) is 158 Å². The van der Waals surface area contributed by atoms with Gasteiger partial charge < -0.3 is 15.9 Å². The first kappa shape index (κ1) is 26.1. The van der Waals surface area contributed by atoms with Crippen molar-refractivity contribution in [1.82, 2.24) is 9.80 Å². The van der Waals surface area contributed by atoms with Gasteiger partial charge in [-0.15, -0.1) is 0 Å². The number of phenolic OH excluding ortho intramolecular Hbond substituents is 1. The summed E-state index contributed by atoms with van der Waals surface area (Å²) in [6, 6.07) is 2.09. The maximum Gasteiger partial charge on any atom is 0.235 e. The van der Waals surface area contributed by atoms with Gasteiger partial charge in [-0.1, -0.05) is 19.9 Å². The van der Waals surface area contributed by atoms with E-state index in [4.69, 9.17) is 5.73 Å². The van der Waals surface area contributed by atoms with E-state index in [1.165, 1.54) is 11.0 Å². The first-order valence-corrected chi connectivity index (χ1v) is 12.3. The maximum absolute atomic E-state index is 13.8. The molecule has 0 aromatic heterocycles. The van der Waals surface area contributed by atoms with E-state index in [0.717, 1.165) is 18.7 Å². The van der Waals surface area contributed by atoms with Crippen molar-refractivity contribution < 1.29 is 34.2 Å². The van der Waals surface area contributed by atoms with E-state index in [9.17, 15) is 34.2 Å². The minimum Gasteiger partial charge on any atom is -0.507 e. The third-order valence-electron chi connectivity index (χ3n) is 8.33. The number of benzene rings is 1. The monoisotopic (exact) mass is 499 g/mol. The standard InChI is InChI=1S/C26H33N3O7/c1-5-29(6-2)11-12-7-8-16(30)18-14(12)9-13-10-15-20(28(3)4)22(32)19(25(27)35)24(34)26(15,36)23(33)17(13)21(18)31/h7-8,13,15,17,19-20,30,36H,5-6,9-11H2,1-4H3,(H2,27,35)/t13-,15-,17?,19?,20-,26-/m0/s1. The minimum atomic E-state index is -2.70. The molecule has 0 saturated heterocycles. The van der Waals surface area contributed by atoms with E-state index in [1.54, 1.807) is 20.2 Å². The first-order valence-electron chi connectivity index (χ1n) is 12.3. The number of nitrogens with two attached hydrogens (primary N) is 1. The number of fused-ring (bicyclic) bond motifs is 3. The van der Waals surface area contributed by atoms with Crippen molar-refractivity contribution in [3.05, 3.63) is 28.8 Å². The van der Waals surface area contributed by atoms with Crippen LogP contribution in [-0.2, 0) is 32.1 Å². The van der Waals surface area contributed by atoms with Gasteiger partial charge in [0.05, 0.1) is 17.5 Å². The lowest BCUT2D eigenvalue weighted by molar-refractivity contribution is -0.181. The molecule has 194 valence electrons. The zero-order chi connectivity index (χ0) is 26.7. The number of rotatable bonds is 6. The number of amides is 1. The predicted molar refractivity (Wildman–Crippen MR) is 128 cm³/mol. The SMILES string of the molecule is CCN(CC)Cc1ccc(O)c2c1C[C@H]1C[C@H]3[C@H](N(C)C)C(=O)C(C(N)=O)C(=O)[C@@]3(O)C(=O)C1C2=O. The summed E-state index contributed by atoms with van der Waals surface area (Å²) in [5.41, 5.74) is 4.17. The molecular formula is C26H33N3O7. The number of hydrogen-bond donors (Lipinski definition) is 3. The van der Waals surface area contributed by atoms with Gasteiger partial charge in [0.1, 0.15) is 5.75 Å². The molecule has 1 aromatic carbocycles. The van der Waals surface area contributed by atoms with Crippen LogP contribution in [-0.4, -0.2) is 87.9 Å². The van der Waals surface area contributed by atoms with Gasteiger partial charge in [0, 0.05) is 12.5 Å². The molecule has 2 saturated carbocycles. The van der Waals surface area contributed by atoms with Crippen LogP contribution >= 0.6 is 0 Å². The Morgan fingerprint density at radius 1 is 1.11 bits per heavy atom. The fourth-order valence-electron chi connectivity index (χ4n) is 6.51. The molecule has 0 spiro atoms. The second-order valence-corrected chi connectivity index (χ2v) is 10.3. The molecule has 2 fully saturated rings. The summed E-state index contributed by atoms with van der Waals surface area (Å²) in [5.74, 6) is -10.2. The van der Waals surface area contributed by atoms with Crippen molar-refractivity contribution in [3.63, 3.8) is 0 Å². The number of aromatic hydroxyl groups is 1. The summed E-state index contributed by atoms with van der Waals surface area (Å²) in [4.78, 5) is 69.6. The molecule has 10 nitrogen and oxygen atoms in total. The molecule has 3 aliphatic rings. The van der Waals surface area contributed by atoms with Crippen molar-refractivity contribution in [3.8, 4) is 5.75 Å². The highest BCUT2D eigenvalue weighted by atomic mass is 16.3. The van der Waals surface area contributed by atoms with E-state index < -0.39 is 64.4 Å². The van der Waals surface area contributed by atoms with Gasteiger partial charge in [0.15, 0.2) is 34.7 Å². The van der Waals surface area contributed by atoms with Gasteiger partial charge in [-0.05, 0) is 63.1 Å². The molecule has 0 aliphatic heterocycles. The van der Waals surface area contributed by atoms with Crippen LogP contribution in [0.25, 0.3) is 0 Å². The Balaban J connectivity index is 1.83. The van der Waals surface area contributed by atoms with Crippen molar-refractivity contribution in [1.29, 1.82) is 0 Å². The third-order valence-corrected chi connectivity index (χ3v) is 8.33. The Morgan fingerprint density at radius 3 is 2.31 bits per heavy atom. The molecule has 4 rings (SSSR count). The average Bonchev–Trinajstić information content (AvgIpc) is 2.80. The summed E-state index contributed by atoms with van der Waals surface area (Å²) < 4.78 is 0. The van der Waals surface area contributed by atoms with Crippen LogP contribution in [0.4, 0.5) is 0 Å². The van der Waals surface area contributed by atoms with E-state index in [1.807, 2.05) is 13.8 Å². The molecule has 0 bridgehead atoms. The van der Waals surface area contributed by atoms with Gasteiger partial charge in [0.25, 0.3) is 0 Å². The van der Waals surface area contributed by atoms with E-state index in [-0.39, 0.29) is 24.2 Å². The average molecular weight is 500 g/mol. The van der Waals surface area contributed by atoms with Gasteiger partial charge in [-0.2, -0.15) is 0 Å². The maximum atomic E-state index is 13.8. The molecule has 1 amide bonds. The molecule has 0 heterocycles. The quantitative estimate of drug-likeness (QED) is 0.447. The number of aliphatic hydroxyl groups is 1. The lowest BCUT2D eigenvalue weighted by Gasteiger charge is -2.52. The number of hydrogen-bond acceptors (Lipinski definition) is 9. The van der Waals surface area contributed by atoms with Crippen molar-refractivity contribution >= 4 is 29.0 Å². The predicted octanol–water partition coefficient (Wildman–Crippen LogP) is -0.291. The largest absolute Gasteiger partial charge is 0.507 e. The zero-order valence-corrected chi connectivity index (χ0v) is 21.0. The normalized spacial score (nSPS) is 31.9. The van der Waals surface area contributed by atoms with Crippen molar-refractivity contribution in [2.45, 2.75) is 44.9 Å². The smallest absolute Gasteiger partial charge is 0.235 e. The van der Waals surface area contributed by atoms with Gasteiger partial charge >= 0.3 is 0 Å². The highest BCUT2D eigenvalue weighted by Gasteiger charge is 2.69. The molecule has 10 heteroatoms. The fraction of sp³-hybridized carbons (Fsp3) is 0.577. The molecule has 2 unspecified atom stereocenters. The van der Waals surface area contributed by atoms with Crippen LogP contribution in [0.5, 0.6) is 5.75 Å². The number of carbonyl (C=O) groups excluding carboxylic acids is 5. The van der Waals surface area contributed by atoms with Crippen molar-refractivity contribution in [2.75, 3.05) is 27.2 Å². The fourth-order valence-corrected chi connectivity index (χ4v) is 6.51. The lowest BCUT2D eigenvalue weighted by Crippen LogP contribution is -2.74.